The molecular formula is C15H23N3O. The number of carbonyl (C=O) groups excluding carboxylic acids is 1. The first kappa shape index (κ1) is 13.9. The highest BCUT2D eigenvalue weighted by Crippen LogP contribution is 2.31. The maximum absolute atomic E-state index is 12.0. The van der Waals surface area contributed by atoms with E-state index in [1.165, 1.54) is 5.56 Å². The van der Waals surface area contributed by atoms with Crippen LogP contribution in [0.4, 0.5) is 5.69 Å². The number of nitrogens with zero attached hydrogens (tertiary/aromatic N) is 1. The van der Waals surface area contributed by atoms with Gasteiger partial charge in [-0.3, -0.25) is 4.79 Å². The predicted octanol–water partition coefficient (Wildman–Crippen LogP) is 1.46. The van der Waals surface area contributed by atoms with Gasteiger partial charge in [0, 0.05) is 24.8 Å². The van der Waals surface area contributed by atoms with Crippen molar-refractivity contribution in [3.63, 3.8) is 0 Å². The maximum atomic E-state index is 12.0. The summed E-state index contributed by atoms with van der Waals surface area (Å²) in [6.07, 6.45) is 0. The lowest BCUT2D eigenvalue weighted by atomic mass is 9.97. The fourth-order valence-electron chi connectivity index (χ4n) is 2.73. The van der Waals surface area contributed by atoms with Crippen LogP contribution in [0.5, 0.6) is 0 Å². The number of piperazine rings is 1. The summed E-state index contributed by atoms with van der Waals surface area (Å²) in [5.74, 6) is 0.450. The van der Waals surface area contributed by atoms with Crippen molar-refractivity contribution in [2.24, 2.45) is 5.73 Å². The summed E-state index contributed by atoms with van der Waals surface area (Å²) < 4.78 is 0. The number of benzene rings is 1. The van der Waals surface area contributed by atoms with E-state index < -0.39 is 0 Å². The standard InChI is InChI=1S/C15H23N3O/c1-10(2)12-6-4-5-7-13(12)18-11(3)9-17-15(19)14(18)8-16/h4-7,10-11,14H,8-9,16H2,1-3H3,(H,17,19). The average Bonchev–Trinajstić information content (AvgIpc) is 2.41. The average molecular weight is 261 g/mol. The lowest BCUT2D eigenvalue weighted by molar-refractivity contribution is -0.123. The van der Waals surface area contributed by atoms with E-state index in [-0.39, 0.29) is 18.0 Å². The molecule has 1 aromatic rings. The molecule has 1 heterocycles. The summed E-state index contributed by atoms with van der Waals surface area (Å²) in [7, 11) is 0. The minimum Gasteiger partial charge on any atom is -0.354 e. The number of rotatable bonds is 3. The number of hydrogen-bond donors (Lipinski definition) is 2. The van der Waals surface area contributed by atoms with Gasteiger partial charge in [-0.25, -0.2) is 0 Å². The van der Waals surface area contributed by atoms with E-state index in [1.807, 2.05) is 12.1 Å². The van der Waals surface area contributed by atoms with Crippen LogP contribution in [0.1, 0.15) is 32.3 Å². The summed E-state index contributed by atoms with van der Waals surface area (Å²) in [6, 6.07) is 8.27. The first-order chi connectivity index (χ1) is 9.06. The molecule has 0 aliphatic carbocycles. The van der Waals surface area contributed by atoms with Crippen LogP contribution in [0.15, 0.2) is 24.3 Å². The molecule has 1 aromatic carbocycles. The maximum Gasteiger partial charge on any atom is 0.244 e. The largest absolute Gasteiger partial charge is 0.354 e. The molecule has 1 fully saturated rings. The lowest BCUT2D eigenvalue weighted by Crippen LogP contribution is -2.62. The highest BCUT2D eigenvalue weighted by Gasteiger charge is 2.34. The van der Waals surface area contributed by atoms with E-state index in [0.29, 0.717) is 19.0 Å². The number of hydrogen-bond acceptors (Lipinski definition) is 3. The fourth-order valence-corrected chi connectivity index (χ4v) is 2.73. The first-order valence-electron chi connectivity index (χ1n) is 6.91. The Morgan fingerprint density at radius 1 is 1.42 bits per heavy atom. The van der Waals surface area contributed by atoms with Crippen LogP contribution < -0.4 is 16.0 Å². The number of para-hydroxylation sites is 1. The monoisotopic (exact) mass is 261 g/mol. The molecule has 0 radical (unpaired) electrons. The molecule has 0 spiro atoms. The van der Waals surface area contributed by atoms with Crippen molar-refractivity contribution in [3.8, 4) is 0 Å². The quantitative estimate of drug-likeness (QED) is 0.866. The SMILES string of the molecule is CC(C)c1ccccc1N1C(C)CNC(=O)C1CN. The molecule has 1 saturated heterocycles. The van der Waals surface area contributed by atoms with E-state index in [2.05, 4.69) is 43.1 Å². The third-order valence-corrected chi connectivity index (χ3v) is 3.75. The molecule has 4 heteroatoms. The number of anilines is 1. The molecule has 2 atom stereocenters. The van der Waals surface area contributed by atoms with Gasteiger partial charge in [-0.2, -0.15) is 0 Å². The molecule has 19 heavy (non-hydrogen) atoms. The van der Waals surface area contributed by atoms with Crippen molar-refractivity contribution in [1.82, 2.24) is 5.32 Å². The normalized spacial score (nSPS) is 23.6. The Morgan fingerprint density at radius 3 is 2.74 bits per heavy atom. The Balaban J connectivity index is 2.45. The molecule has 0 bridgehead atoms. The van der Waals surface area contributed by atoms with Crippen molar-refractivity contribution in [2.45, 2.75) is 38.8 Å². The topological polar surface area (TPSA) is 58.4 Å². The summed E-state index contributed by atoms with van der Waals surface area (Å²) in [4.78, 5) is 14.2. The second-order valence-corrected chi connectivity index (χ2v) is 5.47. The van der Waals surface area contributed by atoms with Gasteiger partial charge in [0.1, 0.15) is 6.04 Å². The van der Waals surface area contributed by atoms with Crippen LogP contribution in [0.2, 0.25) is 0 Å². The molecule has 2 unspecified atom stereocenters. The van der Waals surface area contributed by atoms with Crippen molar-refractivity contribution in [1.29, 1.82) is 0 Å². The second kappa shape index (κ2) is 5.61. The highest BCUT2D eigenvalue weighted by molar-refractivity contribution is 5.87. The van der Waals surface area contributed by atoms with Gasteiger partial charge in [0.05, 0.1) is 0 Å². The highest BCUT2D eigenvalue weighted by atomic mass is 16.2. The summed E-state index contributed by atoms with van der Waals surface area (Å²) in [5.41, 5.74) is 8.21. The molecule has 1 aliphatic heterocycles. The second-order valence-electron chi connectivity index (χ2n) is 5.47. The Morgan fingerprint density at radius 2 is 2.11 bits per heavy atom. The van der Waals surface area contributed by atoms with E-state index in [0.717, 1.165) is 5.69 Å². The first-order valence-corrected chi connectivity index (χ1v) is 6.91. The van der Waals surface area contributed by atoms with Crippen LogP contribution >= 0.6 is 0 Å². The van der Waals surface area contributed by atoms with Gasteiger partial charge in [-0.15, -0.1) is 0 Å². The summed E-state index contributed by atoms with van der Waals surface area (Å²) in [5, 5.41) is 2.92. The zero-order valence-corrected chi connectivity index (χ0v) is 11.9. The van der Waals surface area contributed by atoms with Gasteiger partial charge in [0.2, 0.25) is 5.91 Å². The minimum atomic E-state index is -0.274. The van der Waals surface area contributed by atoms with E-state index >= 15 is 0 Å². The number of nitrogens with one attached hydrogen (secondary N) is 1. The smallest absolute Gasteiger partial charge is 0.244 e. The van der Waals surface area contributed by atoms with E-state index in [9.17, 15) is 4.79 Å². The lowest BCUT2D eigenvalue weighted by Gasteiger charge is -2.42. The van der Waals surface area contributed by atoms with Gasteiger partial charge < -0.3 is 16.0 Å². The number of carbonyl (C=O) groups is 1. The van der Waals surface area contributed by atoms with Crippen molar-refractivity contribution in [2.75, 3.05) is 18.0 Å². The van der Waals surface area contributed by atoms with Crippen LogP contribution in [0.25, 0.3) is 0 Å². The molecule has 4 nitrogen and oxygen atoms in total. The van der Waals surface area contributed by atoms with Gasteiger partial charge in [-0.1, -0.05) is 32.0 Å². The van der Waals surface area contributed by atoms with Crippen LogP contribution in [-0.4, -0.2) is 31.1 Å². The molecule has 1 aliphatic rings. The van der Waals surface area contributed by atoms with Gasteiger partial charge in [0.15, 0.2) is 0 Å². The van der Waals surface area contributed by atoms with Crippen LogP contribution in [0.3, 0.4) is 0 Å². The van der Waals surface area contributed by atoms with E-state index in [1.54, 1.807) is 0 Å². The van der Waals surface area contributed by atoms with E-state index in [4.69, 9.17) is 5.73 Å². The molecule has 1 amide bonds. The summed E-state index contributed by atoms with van der Waals surface area (Å²) >= 11 is 0. The Labute approximate surface area is 115 Å². The van der Waals surface area contributed by atoms with Crippen molar-refractivity contribution in [3.05, 3.63) is 29.8 Å². The van der Waals surface area contributed by atoms with Gasteiger partial charge >= 0.3 is 0 Å². The number of amides is 1. The zero-order valence-electron chi connectivity index (χ0n) is 11.9. The third-order valence-electron chi connectivity index (χ3n) is 3.75. The fraction of sp³-hybridized carbons (Fsp3) is 0.533. The molecule has 2 rings (SSSR count). The van der Waals surface area contributed by atoms with Crippen LogP contribution in [0, 0.1) is 0 Å². The Hall–Kier alpha value is -1.55. The van der Waals surface area contributed by atoms with Crippen molar-refractivity contribution < 1.29 is 4.79 Å². The Kier molecular flexibility index (Phi) is 4.10. The van der Waals surface area contributed by atoms with Gasteiger partial charge in [-0.05, 0) is 24.5 Å². The zero-order chi connectivity index (χ0) is 14.0. The predicted molar refractivity (Wildman–Crippen MR) is 78.3 cm³/mol. The third kappa shape index (κ3) is 2.59. The minimum absolute atomic E-state index is 0.0270. The molecular weight excluding hydrogens is 238 g/mol. The molecule has 3 N–H and O–H groups in total. The molecule has 0 saturated carbocycles. The molecule has 104 valence electrons. The van der Waals surface area contributed by atoms with Crippen molar-refractivity contribution >= 4 is 11.6 Å². The van der Waals surface area contributed by atoms with Gasteiger partial charge in [0.25, 0.3) is 0 Å². The Bertz CT molecular complexity index is 458. The van der Waals surface area contributed by atoms with Crippen LogP contribution in [-0.2, 0) is 4.79 Å². The molecule has 0 aromatic heterocycles. The number of nitrogens with two attached hydrogens (primary N) is 1. The summed E-state index contributed by atoms with van der Waals surface area (Å²) in [6.45, 7) is 7.47.